The van der Waals surface area contributed by atoms with Crippen molar-refractivity contribution in [3.8, 4) is 0 Å². The fraction of sp³-hybridized carbons (Fsp3) is 0.435. The molecule has 1 saturated carbocycles. The molecule has 0 radical (unpaired) electrons. The van der Waals surface area contributed by atoms with Crippen LogP contribution in [-0.2, 0) is 16.1 Å². The Morgan fingerprint density at radius 3 is 2.29 bits per heavy atom. The standard InChI is InChI=1S/C21H24ClN3O2.C2HF3O2/c22-19-12-16(21(26)24-17-6-7-17)13-23-20(19)25-10-8-18(9-11-25)27-14-15-4-2-1-3-5-15;3-2(4,5)1(6)7/h1-5,12-13,17-18H,6-11,14H2,(H,24,26);(H,6,7). The van der Waals surface area contributed by atoms with Crippen LogP contribution in [-0.4, -0.2) is 53.4 Å². The summed E-state index contributed by atoms with van der Waals surface area (Å²) in [6, 6.07) is 12.3. The number of halogens is 4. The van der Waals surface area contributed by atoms with Crippen LogP contribution in [0.4, 0.5) is 19.0 Å². The fourth-order valence-electron chi connectivity index (χ4n) is 3.31. The third-order valence-electron chi connectivity index (χ3n) is 5.31. The average molecular weight is 500 g/mol. The van der Waals surface area contributed by atoms with Gasteiger partial charge in [-0.2, -0.15) is 13.2 Å². The van der Waals surface area contributed by atoms with E-state index in [9.17, 15) is 18.0 Å². The van der Waals surface area contributed by atoms with E-state index in [0.717, 1.165) is 44.6 Å². The summed E-state index contributed by atoms with van der Waals surface area (Å²) in [6.07, 6.45) is 0.794. The Bertz CT molecular complexity index is 979. The minimum absolute atomic E-state index is 0.0912. The zero-order chi connectivity index (χ0) is 24.7. The van der Waals surface area contributed by atoms with Crippen molar-refractivity contribution < 1.29 is 32.6 Å². The van der Waals surface area contributed by atoms with Crippen LogP contribution < -0.4 is 10.2 Å². The molecule has 34 heavy (non-hydrogen) atoms. The highest BCUT2D eigenvalue weighted by atomic mass is 35.5. The molecular weight excluding hydrogens is 475 g/mol. The number of amides is 1. The zero-order valence-electron chi connectivity index (χ0n) is 18.2. The lowest BCUT2D eigenvalue weighted by atomic mass is 10.1. The number of hydrogen-bond donors (Lipinski definition) is 2. The fourth-order valence-corrected chi connectivity index (χ4v) is 3.59. The highest BCUT2D eigenvalue weighted by molar-refractivity contribution is 6.33. The van der Waals surface area contributed by atoms with Crippen LogP contribution in [0.5, 0.6) is 0 Å². The second-order valence-corrected chi connectivity index (χ2v) is 8.47. The van der Waals surface area contributed by atoms with Crippen LogP contribution in [0.25, 0.3) is 0 Å². The second kappa shape index (κ2) is 11.5. The third-order valence-corrected chi connectivity index (χ3v) is 5.59. The topological polar surface area (TPSA) is 91.8 Å². The largest absolute Gasteiger partial charge is 0.490 e. The normalized spacial score (nSPS) is 16.4. The second-order valence-electron chi connectivity index (χ2n) is 8.06. The molecule has 2 N–H and O–H groups in total. The number of aromatic nitrogens is 1. The molecule has 1 aliphatic heterocycles. The Morgan fingerprint density at radius 1 is 1.15 bits per heavy atom. The molecule has 4 rings (SSSR count). The van der Waals surface area contributed by atoms with Gasteiger partial charge in [-0.15, -0.1) is 0 Å². The summed E-state index contributed by atoms with van der Waals surface area (Å²) in [5, 5.41) is 10.6. The van der Waals surface area contributed by atoms with E-state index < -0.39 is 12.1 Å². The molecule has 2 fully saturated rings. The molecule has 1 aromatic carbocycles. The van der Waals surface area contributed by atoms with Gasteiger partial charge in [0.1, 0.15) is 5.82 Å². The number of rotatable bonds is 6. The molecule has 1 aliphatic carbocycles. The molecule has 0 spiro atoms. The van der Waals surface area contributed by atoms with Gasteiger partial charge in [0.05, 0.1) is 23.3 Å². The molecule has 11 heteroatoms. The number of nitrogens with zero attached hydrogens (tertiary/aromatic N) is 2. The van der Waals surface area contributed by atoms with E-state index in [2.05, 4.69) is 27.3 Å². The highest BCUT2D eigenvalue weighted by Crippen LogP contribution is 2.28. The Labute approximate surface area is 199 Å². The van der Waals surface area contributed by atoms with E-state index >= 15 is 0 Å². The number of alkyl halides is 3. The molecule has 0 unspecified atom stereocenters. The molecule has 1 amide bonds. The molecule has 184 valence electrons. The van der Waals surface area contributed by atoms with Gasteiger partial charge < -0.3 is 20.1 Å². The molecule has 2 aliphatic rings. The van der Waals surface area contributed by atoms with E-state index in [1.165, 1.54) is 5.56 Å². The maximum atomic E-state index is 12.1. The Hall–Kier alpha value is -2.85. The van der Waals surface area contributed by atoms with Crippen molar-refractivity contribution in [1.29, 1.82) is 0 Å². The molecule has 2 heterocycles. The number of nitrogens with one attached hydrogen (secondary N) is 1. The van der Waals surface area contributed by atoms with Crippen molar-refractivity contribution in [2.75, 3.05) is 18.0 Å². The van der Waals surface area contributed by atoms with Crippen LogP contribution in [0, 0.1) is 0 Å². The number of carbonyl (C=O) groups is 2. The monoisotopic (exact) mass is 499 g/mol. The number of carbonyl (C=O) groups excluding carboxylic acids is 1. The predicted octanol–water partition coefficient (Wildman–Crippen LogP) is 4.45. The SMILES string of the molecule is O=C(NC1CC1)c1cnc(N2CCC(OCc3ccccc3)CC2)c(Cl)c1.O=C(O)C(F)(F)F. The van der Waals surface area contributed by atoms with Crippen molar-refractivity contribution >= 4 is 29.3 Å². The van der Waals surface area contributed by atoms with Gasteiger partial charge in [0.25, 0.3) is 5.91 Å². The number of carboxylic acid groups (broad SMARTS) is 1. The predicted molar refractivity (Wildman–Crippen MR) is 120 cm³/mol. The maximum absolute atomic E-state index is 12.1. The van der Waals surface area contributed by atoms with Crippen molar-refractivity contribution in [1.82, 2.24) is 10.3 Å². The summed E-state index contributed by atoms with van der Waals surface area (Å²) in [7, 11) is 0. The van der Waals surface area contributed by atoms with Crippen LogP contribution in [0.15, 0.2) is 42.6 Å². The lowest BCUT2D eigenvalue weighted by molar-refractivity contribution is -0.192. The van der Waals surface area contributed by atoms with Crippen LogP contribution in [0.2, 0.25) is 5.02 Å². The summed E-state index contributed by atoms with van der Waals surface area (Å²) in [5.74, 6) is -2.10. The summed E-state index contributed by atoms with van der Waals surface area (Å²) in [6.45, 7) is 2.34. The number of hydrogen-bond acceptors (Lipinski definition) is 5. The lowest BCUT2D eigenvalue weighted by Crippen LogP contribution is -2.37. The molecule has 1 aromatic heterocycles. The first-order valence-corrected chi connectivity index (χ1v) is 11.2. The Balaban J connectivity index is 0.000000406. The first-order chi connectivity index (χ1) is 16.1. The first kappa shape index (κ1) is 25.8. The number of ether oxygens (including phenoxy) is 1. The molecule has 2 aromatic rings. The summed E-state index contributed by atoms with van der Waals surface area (Å²) in [4.78, 5) is 27.7. The number of benzene rings is 1. The summed E-state index contributed by atoms with van der Waals surface area (Å²) >= 11 is 6.42. The first-order valence-electron chi connectivity index (χ1n) is 10.8. The van der Waals surface area contributed by atoms with E-state index in [1.807, 2.05) is 18.2 Å². The summed E-state index contributed by atoms with van der Waals surface area (Å²) < 4.78 is 37.8. The molecule has 1 saturated heterocycles. The number of aliphatic carboxylic acids is 1. The summed E-state index contributed by atoms with van der Waals surface area (Å²) in [5.41, 5.74) is 1.72. The third kappa shape index (κ3) is 7.88. The number of piperidine rings is 1. The number of carboxylic acids is 1. The minimum Gasteiger partial charge on any atom is -0.475 e. The Morgan fingerprint density at radius 2 is 1.76 bits per heavy atom. The highest BCUT2D eigenvalue weighted by Gasteiger charge is 2.38. The van der Waals surface area contributed by atoms with E-state index in [4.69, 9.17) is 26.2 Å². The maximum Gasteiger partial charge on any atom is 0.490 e. The smallest absolute Gasteiger partial charge is 0.475 e. The van der Waals surface area contributed by atoms with Gasteiger partial charge in [0.2, 0.25) is 0 Å². The van der Waals surface area contributed by atoms with Crippen molar-refractivity contribution in [2.24, 2.45) is 0 Å². The van der Waals surface area contributed by atoms with Gasteiger partial charge in [-0.3, -0.25) is 4.79 Å². The van der Waals surface area contributed by atoms with E-state index in [0.29, 0.717) is 23.2 Å². The lowest BCUT2D eigenvalue weighted by Gasteiger charge is -2.33. The van der Waals surface area contributed by atoms with Gasteiger partial charge in [0.15, 0.2) is 0 Å². The van der Waals surface area contributed by atoms with Crippen LogP contribution >= 0.6 is 11.6 Å². The van der Waals surface area contributed by atoms with Gasteiger partial charge in [-0.25, -0.2) is 9.78 Å². The van der Waals surface area contributed by atoms with Gasteiger partial charge in [-0.1, -0.05) is 41.9 Å². The van der Waals surface area contributed by atoms with Crippen molar-refractivity contribution in [2.45, 2.75) is 50.6 Å². The average Bonchev–Trinajstić information content (AvgIpc) is 3.62. The quantitative estimate of drug-likeness (QED) is 0.610. The molecule has 0 atom stereocenters. The Kier molecular flexibility index (Phi) is 8.73. The molecular formula is C23H25ClF3N3O4. The van der Waals surface area contributed by atoms with Crippen LogP contribution in [0.1, 0.15) is 41.6 Å². The van der Waals surface area contributed by atoms with Gasteiger partial charge >= 0.3 is 12.1 Å². The van der Waals surface area contributed by atoms with Gasteiger partial charge in [-0.05, 0) is 37.3 Å². The van der Waals surface area contributed by atoms with Crippen molar-refractivity contribution in [3.05, 3.63) is 58.7 Å². The molecule has 0 bridgehead atoms. The van der Waals surface area contributed by atoms with E-state index in [-0.39, 0.29) is 12.0 Å². The molecule has 7 nitrogen and oxygen atoms in total. The zero-order valence-corrected chi connectivity index (χ0v) is 19.0. The van der Waals surface area contributed by atoms with E-state index in [1.54, 1.807) is 12.3 Å². The van der Waals surface area contributed by atoms with Crippen molar-refractivity contribution in [3.63, 3.8) is 0 Å². The van der Waals surface area contributed by atoms with Crippen LogP contribution in [0.3, 0.4) is 0 Å². The number of anilines is 1. The number of pyridine rings is 1. The minimum atomic E-state index is -5.08. The van der Waals surface area contributed by atoms with Gasteiger partial charge in [0, 0.05) is 25.3 Å².